The van der Waals surface area contributed by atoms with Crippen molar-refractivity contribution in [3.05, 3.63) is 41.1 Å². The van der Waals surface area contributed by atoms with Gasteiger partial charge in [-0.1, -0.05) is 23.8 Å². The Labute approximate surface area is 99.3 Å². The monoisotopic (exact) mass is 230 g/mol. The Kier molecular flexibility index (Phi) is 2.95. The molecule has 0 radical (unpaired) electrons. The summed E-state index contributed by atoms with van der Waals surface area (Å²) in [6.07, 6.45) is -0.0299. The van der Waals surface area contributed by atoms with E-state index in [1.165, 1.54) is 5.56 Å². The van der Waals surface area contributed by atoms with E-state index in [0.717, 1.165) is 16.8 Å². The number of aryl methyl sites for hydroxylation is 2. The van der Waals surface area contributed by atoms with Crippen molar-refractivity contribution in [3.8, 4) is 11.3 Å². The van der Waals surface area contributed by atoms with Gasteiger partial charge in [-0.3, -0.25) is 9.89 Å². The van der Waals surface area contributed by atoms with Crippen LogP contribution in [0, 0.1) is 13.8 Å². The molecule has 17 heavy (non-hydrogen) atoms. The second-order valence-corrected chi connectivity index (χ2v) is 4.17. The second-order valence-electron chi connectivity index (χ2n) is 4.17. The van der Waals surface area contributed by atoms with E-state index < -0.39 is 5.97 Å². The molecule has 4 heteroatoms. The number of nitrogens with zero attached hydrogens (tertiary/aromatic N) is 1. The number of carbonyl (C=O) groups is 1. The molecule has 2 rings (SSSR count). The van der Waals surface area contributed by atoms with E-state index in [4.69, 9.17) is 5.11 Å². The smallest absolute Gasteiger partial charge is 0.309 e. The van der Waals surface area contributed by atoms with E-state index in [0.29, 0.717) is 5.69 Å². The Morgan fingerprint density at radius 3 is 2.76 bits per heavy atom. The van der Waals surface area contributed by atoms with Crippen molar-refractivity contribution >= 4 is 5.97 Å². The first-order valence-corrected chi connectivity index (χ1v) is 5.40. The van der Waals surface area contributed by atoms with Gasteiger partial charge in [0.05, 0.1) is 12.1 Å². The summed E-state index contributed by atoms with van der Waals surface area (Å²) in [6.45, 7) is 4.06. The lowest BCUT2D eigenvalue weighted by molar-refractivity contribution is -0.136. The summed E-state index contributed by atoms with van der Waals surface area (Å²) in [5.41, 5.74) is 4.78. The highest BCUT2D eigenvalue weighted by Crippen LogP contribution is 2.22. The third-order valence-corrected chi connectivity index (χ3v) is 2.63. The lowest BCUT2D eigenvalue weighted by Gasteiger charge is -2.02. The van der Waals surface area contributed by atoms with E-state index in [2.05, 4.69) is 16.3 Å². The van der Waals surface area contributed by atoms with Crippen LogP contribution in [0.1, 0.15) is 16.8 Å². The molecule has 1 aromatic carbocycles. The Hall–Kier alpha value is -2.10. The zero-order chi connectivity index (χ0) is 12.4. The van der Waals surface area contributed by atoms with Crippen molar-refractivity contribution in [1.29, 1.82) is 0 Å². The summed E-state index contributed by atoms with van der Waals surface area (Å²) in [5.74, 6) is -0.860. The van der Waals surface area contributed by atoms with Gasteiger partial charge in [-0.25, -0.2) is 0 Å². The zero-order valence-electron chi connectivity index (χ0n) is 9.82. The summed E-state index contributed by atoms with van der Waals surface area (Å²) in [6, 6.07) is 7.89. The molecule has 0 aliphatic heterocycles. The second kappa shape index (κ2) is 4.41. The predicted octanol–water partition coefficient (Wildman–Crippen LogP) is 2.32. The fourth-order valence-corrected chi connectivity index (χ4v) is 1.85. The normalized spacial score (nSPS) is 10.5. The van der Waals surface area contributed by atoms with Gasteiger partial charge in [0.25, 0.3) is 0 Å². The van der Waals surface area contributed by atoms with E-state index in [1.54, 1.807) is 6.07 Å². The first kappa shape index (κ1) is 11.4. The van der Waals surface area contributed by atoms with Crippen LogP contribution in [0.25, 0.3) is 11.3 Å². The van der Waals surface area contributed by atoms with Gasteiger partial charge < -0.3 is 5.11 Å². The number of hydrogen-bond acceptors (Lipinski definition) is 2. The largest absolute Gasteiger partial charge is 0.481 e. The molecular formula is C13H14N2O2. The molecule has 4 nitrogen and oxygen atoms in total. The Balaban J connectivity index is 2.33. The Morgan fingerprint density at radius 1 is 1.35 bits per heavy atom. The van der Waals surface area contributed by atoms with E-state index >= 15 is 0 Å². The van der Waals surface area contributed by atoms with Crippen LogP contribution in [0.5, 0.6) is 0 Å². The number of hydrogen-bond donors (Lipinski definition) is 2. The topological polar surface area (TPSA) is 66.0 Å². The highest BCUT2D eigenvalue weighted by molar-refractivity contribution is 5.71. The molecule has 0 saturated heterocycles. The van der Waals surface area contributed by atoms with Crippen molar-refractivity contribution in [2.24, 2.45) is 0 Å². The van der Waals surface area contributed by atoms with Crippen LogP contribution in [0.3, 0.4) is 0 Å². The molecule has 0 saturated carbocycles. The fourth-order valence-electron chi connectivity index (χ4n) is 1.85. The summed E-state index contributed by atoms with van der Waals surface area (Å²) < 4.78 is 0. The molecule has 0 bridgehead atoms. The van der Waals surface area contributed by atoms with Gasteiger partial charge in [-0.05, 0) is 25.5 Å². The molecule has 0 aliphatic carbocycles. The van der Waals surface area contributed by atoms with Gasteiger partial charge in [0.1, 0.15) is 0 Å². The predicted molar refractivity (Wildman–Crippen MR) is 64.8 cm³/mol. The number of benzene rings is 1. The van der Waals surface area contributed by atoms with Crippen LogP contribution in [0.15, 0.2) is 24.3 Å². The molecule has 0 spiro atoms. The third-order valence-electron chi connectivity index (χ3n) is 2.63. The highest BCUT2D eigenvalue weighted by atomic mass is 16.4. The number of rotatable bonds is 3. The average Bonchev–Trinajstić information content (AvgIpc) is 2.65. The van der Waals surface area contributed by atoms with Gasteiger partial charge in [0, 0.05) is 11.3 Å². The first-order valence-electron chi connectivity index (χ1n) is 5.40. The molecule has 0 aliphatic rings. The van der Waals surface area contributed by atoms with Crippen LogP contribution in [0.4, 0.5) is 0 Å². The molecular weight excluding hydrogens is 216 g/mol. The van der Waals surface area contributed by atoms with Crippen molar-refractivity contribution in [1.82, 2.24) is 10.2 Å². The number of nitrogens with one attached hydrogen (secondary N) is 1. The number of aliphatic carboxylic acids is 1. The van der Waals surface area contributed by atoms with Crippen LogP contribution in [0.2, 0.25) is 0 Å². The molecule has 0 fully saturated rings. The fraction of sp³-hybridized carbons (Fsp3) is 0.231. The third kappa shape index (κ3) is 2.53. The minimum absolute atomic E-state index is 0.0299. The molecule has 0 amide bonds. The number of carboxylic acids is 1. The Bertz CT molecular complexity index is 558. The first-order chi connectivity index (χ1) is 8.06. The minimum atomic E-state index is -0.860. The van der Waals surface area contributed by atoms with Crippen LogP contribution < -0.4 is 0 Å². The highest BCUT2D eigenvalue weighted by Gasteiger charge is 2.08. The maximum Gasteiger partial charge on any atom is 0.309 e. The molecule has 1 aromatic heterocycles. The number of aromatic nitrogens is 2. The summed E-state index contributed by atoms with van der Waals surface area (Å²) in [7, 11) is 0. The van der Waals surface area contributed by atoms with Crippen molar-refractivity contribution in [3.63, 3.8) is 0 Å². The van der Waals surface area contributed by atoms with Crippen molar-refractivity contribution in [2.75, 3.05) is 0 Å². The van der Waals surface area contributed by atoms with Crippen LogP contribution in [-0.2, 0) is 11.2 Å². The van der Waals surface area contributed by atoms with E-state index in [-0.39, 0.29) is 6.42 Å². The quantitative estimate of drug-likeness (QED) is 0.850. The minimum Gasteiger partial charge on any atom is -0.481 e. The van der Waals surface area contributed by atoms with Crippen molar-refractivity contribution in [2.45, 2.75) is 20.3 Å². The molecule has 1 heterocycles. The van der Waals surface area contributed by atoms with Gasteiger partial charge >= 0.3 is 5.97 Å². The number of H-pyrrole nitrogens is 1. The Morgan fingerprint density at radius 2 is 2.12 bits per heavy atom. The maximum absolute atomic E-state index is 10.6. The molecule has 2 aromatic rings. The average molecular weight is 230 g/mol. The maximum atomic E-state index is 10.6. The van der Waals surface area contributed by atoms with Crippen LogP contribution >= 0.6 is 0 Å². The standard InChI is InChI=1S/C13H14N2O2/c1-8-3-4-11(9(2)5-8)12-6-10(14-15-12)7-13(16)17/h3-6H,7H2,1-2H3,(H,14,15)(H,16,17). The van der Waals surface area contributed by atoms with Gasteiger partial charge in [0.2, 0.25) is 0 Å². The molecule has 0 atom stereocenters. The number of aromatic amines is 1. The van der Waals surface area contributed by atoms with Crippen LogP contribution in [-0.4, -0.2) is 21.3 Å². The summed E-state index contributed by atoms with van der Waals surface area (Å²) >= 11 is 0. The number of carboxylic acid groups (broad SMARTS) is 1. The van der Waals surface area contributed by atoms with E-state index in [9.17, 15) is 4.79 Å². The lowest BCUT2D eigenvalue weighted by Crippen LogP contribution is -1.99. The van der Waals surface area contributed by atoms with Gasteiger partial charge in [-0.15, -0.1) is 0 Å². The molecule has 88 valence electrons. The lowest BCUT2D eigenvalue weighted by atomic mass is 10.0. The molecule has 0 unspecified atom stereocenters. The van der Waals surface area contributed by atoms with E-state index in [1.807, 2.05) is 26.0 Å². The summed E-state index contributed by atoms with van der Waals surface area (Å²) in [5, 5.41) is 15.6. The summed E-state index contributed by atoms with van der Waals surface area (Å²) in [4.78, 5) is 10.6. The van der Waals surface area contributed by atoms with Gasteiger partial charge in [0.15, 0.2) is 0 Å². The van der Waals surface area contributed by atoms with Crippen molar-refractivity contribution < 1.29 is 9.90 Å². The SMILES string of the molecule is Cc1ccc(-c2cc(CC(=O)O)[nH]n2)c(C)c1. The zero-order valence-corrected chi connectivity index (χ0v) is 9.82. The van der Waals surface area contributed by atoms with Gasteiger partial charge in [-0.2, -0.15) is 5.10 Å². The molecule has 2 N–H and O–H groups in total.